The lowest BCUT2D eigenvalue weighted by molar-refractivity contribution is 1.11. The highest BCUT2D eigenvalue weighted by molar-refractivity contribution is 5.71. The summed E-state index contributed by atoms with van der Waals surface area (Å²) < 4.78 is 0. The molecule has 2 N–H and O–H groups in total. The molecule has 0 fully saturated rings. The van der Waals surface area contributed by atoms with Crippen molar-refractivity contribution in [1.29, 1.82) is 5.26 Å². The van der Waals surface area contributed by atoms with Gasteiger partial charge in [0.25, 0.3) is 0 Å². The first-order valence-electron chi connectivity index (χ1n) is 6.14. The van der Waals surface area contributed by atoms with Crippen molar-refractivity contribution >= 4 is 17.2 Å². The quantitative estimate of drug-likeness (QED) is 0.912. The van der Waals surface area contributed by atoms with E-state index in [1.807, 2.05) is 30.1 Å². The summed E-state index contributed by atoms with van der Waals surface area (Å²) in [5.41, 5.74) is 9.21. The summed E-state index contributed by atoms with van der Waals surface area (Å²) in [4.78, 5) is 6.16. The van der Waals surface area contributed by atoms with Crippen molar-refractivity contribution < 1.29 is 0 Å². The minimum absolute atomic E-state index is 0.469. The van der Waals surface area contributed by atoms with Crippen LogP contribution in [0.4, 0.5) is 17.2 Å². The van der Waals surface area contributed by atoms with Crippen LogP contribution in [0.2, 0.25) is 0 Å². The van der Waals surface area contributed by atoms with Crippen LogP contribution in [0.25, 0.3) is 0 Å². The maximum atomic E-state index is 8.81. The number of aromatic nitrogens is 1. The van der Waals surface area contributed by atoms with E-state index in [-0.39, 0.29) is 0 Å². The van der Waals surface area contributed by atoms with Crippen LogP contribution in [0.15, 0.2) is 36.5 Å². The van der Waals surface area contributed by atoms with Gasteiger partial charge >= 0.3 is 0 Å². The summed E-state index contributed by atoms with van der Waals surface area (Å²) >= 11 is 0. The van der Waals surface area contributed by atoms with Crippen molar-refractivity contribution in [2.45, 2.75) is 13.3 Å². The Morgan fingerprint density at radius 3 is 2.53 bits per heavy atom. The van der Waals surface area contributed by atoms with Crippen LogP contribution in [0.5, 0.6) is 0 Å². The fourth-order valence-electron chi connectivity index (χ4n) is 1.89. The summed E-state index contributed by atoms with van der Waals surface area (Å²) in [5.74, 6) is 0.656. The average molecular weight is 252 g/mol. The van der Waals surface area contributed by atoms with Crippen LogP contribution >= 0.6 is 0 Å². The Balaban J connectivity index is 2.33. The lowest BCUT2D eigenvalue weighted by Crippen LogP contribution is -2.13. The van der Waals surface area contributed by atoms with Crippen molar-refractivity contribution in [3.8, 4) is 6.07 Å². The molecular weight excluding hydrogens is 236 g/mol. The fraction of sp³-hybridized carbons (Fsp3) is 0.200. The third-order valence-corrected chi connectivity index (χ3v) is 3.07. The molecule has 0 aliphatic heterocycles. The maximum absolute atomic E-state index is 8.81. The van der Waals surface area contributed by atoms with E-state index in [1.165, 1.54) is 11.8 Å². The summed E-state index contributed by atoms with van der Waals surface area (Å²) in [6, 6.07) is 11.9. The highest BCUT2D eigenvalue weighted by Gasteiger charge is 2.09. The number of nitriles is 1. The molecule has 4 nitrogen and oxygen atoms in total. The van der Waals surface area contributed by atoms with Gasteiger partial charge in [-0.25, -0.2) is 4.98 Å². The van der Waals surface area contributed by atoms with Gasteiger partial charge in [-0.1, -0.05) is 19.1 Å². The molecule has 0 atom stereocenters. The Morgan fingerprint density at radius 2 is 2.00 bits per heavy atom. The number of nitrogens with zero attached hydrogens (tertiary/aromatic N) is 3. The molecule has 1 aromatic carbocycles. The van der Waals surface area contributed by atoms with E-state index in [1.54, 1.807) is 6.07 Å². The smallest absolute Gasteiger partial charge is 0.156 e. The summed E-state index contributed by atoms with van der Waals surface area (Å²) in [5, 5.41) is 8.81. The van der Waals surface area contributed by atoms with Gasteiger partial charge in [-0.3, -0.25) is 0 Å². The molecule has 0 amide bonds. The van der Waals surface area contributed by atoms with E-state index >= 15 is 0 Å². The maximum Gasteiger partial charge on any atom is 0.156 e. The number of nitrogen functional groups attached to an aromatic ring is 1. The second kappa shape index (κ2) is 5.40. The van der Waals surface area contributed by atoms with Crippen LogP contribution in [0.1, 0.15) is 18.1 Å². The molecule has 0 aliphatic rings. The van der Waals surface area contributed by atoms with Crippen LogP contribution in [0.3, 0.4) is 0 Å². The minimum atomic E-state index is 0.469. The molecule has 1 heterocycles. The Morgan fingerprint density at radius 1 is 1.32 bits per heavy atom. The molecular formula is C15H16N4. The Bertz CT molecular complexity index is 611. The molecule has 19 heavy (non-hydrogen) atoms. The van der Waals surface area contributed by atoms with E-state index in [4.69, 9.17) is 11.0 Å². The number of pyridine rings is 1. The molecule has 2 aromatic rings. The molecule has 1 aromatic heterocycles. The zero-order valence-electron chi connectivity index (χ0n) is 11.1. The van der Waals surface area contributed by atoms with Crippen LogP contribution in [-0.2, 0) is 6.42 Å². The lowest BCUT2D eigenvalue weighted by Gasteiger charge is -2.20. The van der Waals surface area contributed by atoms with E-state index in [0.29, 0.717) is 17.1 Å². The minimum Gasteiger partial charge on any atom is -0.396 e. The molecule has 0 bridgehead atoms. The van der Waals surface area contributed by atoms with E-state index in [0.717, 1.165) is 12.1 Å². The highest BCUT2D eigenvalue weighted by Crippen LogP contribution is 2.27. The first-order valence-corrected chi connectivity index (χ1v) is 6.14. The second-order valence-electron chi connectivity index (χ2n) is 4.33. The van der Waals surface area contributed by atoms with Gasteiger partial charge in [-0.15, -0.1) is 0 Å². The van der Waals surface area contributed by atoms with Crippen LogP contribution in [-0.4, -0.2) is 12.0 Å². The Hall–Kier alpha value is -2.54. The second-order valence-corrected chi connectivity index (χ2v) is 4.33. The number of nitrogens with two attached hydrogens (primary N) is 1. The number of aryl methyl sites for hydroxylation is 1. The largest absolute Gasteiger partial charge is 0.396 e. The normalized spacial score (nSPS) is 9.95. The molecule has 0 saturated heterocycles. The van der Waals surface area contributed by atoms with E-state index < -0.39 is 0 Å². The summed E-state index contributed by atoms with van der Waals surface area (Å²) in [6.45, 7) is 2.12. The van der Waals surface area contributed by atoms with Gasteiger partial charge in [-0.2, -0.15) is 5.26 Å². The summed E-state index contributed by atoms with van der Waals surface area (Å²) in [7, 11) is 1.91. The first kappa shape index (κ1) is 12.9. The van der Waals surface area contributed by atoms with Gasteiger partial charge < -0.3 is 10.6 Å². The van der Waals surface area contributed by atoms with Crippen molar-refractivity contribution in [2.75, 3.05) is 17.7 Å². The third kappa shape index (κ3) is 2.66. The van der Waals surface area contributed by atoms with Gasteiger partial charge in [0.2, 0.25) is 0 Å². The van der Waals surface area contributed by atoms with Gasteiger partial charge in [0.1, 0.15) is 6.07 Å². The molecule has 0 radical (unpaired) electrons. The summed E-state index contributed by atoms with van der Waals surface area (Å²) in [6.07, 6.45) is 2.55. The third-order valence-electron chi connectivity index (χ3n) is 3.07. The monoisotopic (exact) mass is 252 g/mol. The Kier molecular flexibility index (Phi) is 3.67. The molecule has 4 heteroatoms. The van der Waals surface area contributed by atoms with Crippen molar-refractivity contribution in [3.63, 3.8) is 0 Å². The SMILES string of the molecule is CCc1ccc(N(C)c2ncc(C#N)cc2N)cc1. The number of hydrogen-bond donors (Lipinski definition) is 1. The predicted molar refractivity (Wildman–Crippen MR) is 77.2 cm³/mol. The average Bonchev–Trinajstić information content (AvgIpc) is 2.46. The topological polar surface area (TPSA) is 65.9 Å². The Labute approximate surface area is 113 Å². The van der Waals surface area contributed by atoms with E-state index in [2.05, 4.69) is 24.0 Å². The number of benzene rings is 1. The molecule has 2 rings (SSSR count). The van der Waals surface area contributed by atoms with Crippen LogP contribution in [0, 0.1) is 11.3 Å². The highest BCUT2D eigenvalue weighted by atomic mass is 15.2. The van der Waals surface area contributed by atoms with Crippen molar-refractivity contribution in [1.82, 2.24) is 4.98 Å². The predicted octanol–water partition coefficient (Wildman–Crippen LogP) is 2.87. The van der Waals surface area contributed by atoms with Crippen molar-refractivity contribution in [2.24, 2.45) is 0 Å². The number of hydrogen-bond acceptors (Lipinski definition) is 4. The van der Waals surface area contributed by atoms with Gasteiger partial charge in [0.05, 0.1) is 11.3 Å². The zero-order valence-corrected chi connectivity index (χ0v) is 11.1. The molecule has 0 saturated carbocycles. The standard InChI is InChI=1S/C15H16N4/c1-3-11-4-6-13(7-5-11)19(2)15-14(17)8-12(9-16)10-18-15/h4-8,10H,3,17H2,1-2H3. The van der Waals surface area contributed by atoms with Crippen molar-refractivity contribution in [3.05, 3.63) is 47.7 Å². The molecule has 0 aliphatic carbocycles. The van der Waals surface area contributed by atoms with Gasteiger partial charge in [0.15, 0.2) is 5.82 Å². The number of anilines is 3. The number of rotatable bonds is 3. The van der Waals surface area contributed by atoms with Gasteiger partial charge in [-0.05, 0) is 30.2 Å². The molecule has 96 valence electrons. The molecule has 0 unspecified atom stereocenters. The van der Waals surface area contributed by atoms with E-state index in [9.17, 15) is 0 Å². The lowest BCUT2D eigenvalue weighted by atomic mass is 10.1. The zero-order chi connectivity index (χ0) is 13.8. The molecule has 0 spiro atoms. The van der Waals surface area contributed by atoms with Crippen LogP contribution < -0.4 is 10.6 Å². The van der Waals surface area contributed by atoms with Gasteiger partial charge in [0, 0.05) is 18.9 Å². The fourth-order valence-corrected chi connectivity index (χ4v) is 1.89. The first-order chi connectivity index (χ1) is 9.15.